The van der Waals surface area contributed by atoms with E-state index in [0.29, 0.717) is 56.6 Å². The largest absolute Gasteiger partial charge is 0.494 e. The number of thiazole rings is 1. The molecule has 0 unspecified atom stereocenters. The Balaban J connectivity index is 1.93. The minimum absolute atomic E-state index is 0.214. The average molecular weight is 523 g/mol. The van der Waals surface area contributed by atoms with Crippen LogP contribution in [0.3, 0.4) is 0 Å². The van der Waals surface area contributed by atoms with Crippen LogP contribution in [-0.2, 0) is 9.53 Å². The number of hydrogen-bond acceptors (Lipinski definition) is 8. The molecule has 0 fully saturated rings. The number of aromatic nitrogens is 1. The highest BCUT2D eigenvalue weighted by molar-refractivity contribution is 7.07. The van der Waals surface area contributed by atoms with E-state index >= 15 is 0 Å². The van der Waals surface area contributed by atoms with Crippen molar-refractivity contribution in [3.05, 3.63) is 84.5 Å². The predicted molar refractivity (Wildman–Crippen MR) is 142 cm³/mol. The van der Waals surface area contributed by atoms with Crippen LogP contribution >= 0.6 is 11.3 Å². The van der Waals surface area contributed by atoms with E-state index in [1.807, 2.05) is 56.3 Å². The fourth-order valence-corrected chi connectivity index (χ4v) is 5.30. The highest BCUT2D eigenvalue weighted by atomic mass is 32.1. The summed E-state index contributed by atoms with van der Waals surface area (Å²) < 4.78 is 24.2. The topological polar surface area (TPSA) is 88.4 Å². The first kappa shape index (κ1) is 26.2. The van der Waals surface area contributed by atoms with Crippen LogP contribution in [0.15, 0.2) is 63.5 Å². The summed E-state index contributed by atoms with van der Waals surface area (Å²) >= 11 is 1.26. The maximum Gasteiger partial charge on any atom is 0.338 e. The van der Waals surface area contributed by atoms with E-state index < -0.39 is 12.0 Å². The molecule has 0 N–H and O–H groups in total. The van der Waals surface area contributed by atoms with Crippen molar-refractivity contribution in [1.29, 1.82) is 0 Å². The summed E-state index contributed by atoms with van der Waals surface area (Å²) in [6, 6.07) is 12.2. The summed E-state index contributed by atoms with van der Waals surface area (Å²) in [4.78, 5) is 32.0. The van der Waals surface area contributed by atoms with Gasteiger partial charge in [0.25, 0.3) is 5.56 Å². The molecule has 2 heterocycles. The van der Waals surface area contributed by atoms with Crippen molar-refractivity contribution in [2.24, 2.45) is 4.99 Å². The van der Waals surface area contributed by atoms with Gasteiger partial charge in [-0.3, -0.25) is 9.36 Å². The zero-order valence-corrected chi connectivity index (χ0v) is 22.4. The molecule has 8 nitrogen and oxygen atoms in total. The molecule has 0 radical (unpaired) electrons. The lowest BCUT2D eigenvalue weighted by Gasteiger charge is -2.24. The Morgan fingerprint density at radius 1 is 1.05 bits per heavy atom. The highest BCUT2D eigenvalue weighted by Crippen LogP contribution is 2.33. The first-order valence-corrected chi connectivity index (χ1v) is 13.0. The number of allylic oxidation sites excluding steroid dienone is 1. The Hall–Kier alpha value is -3.85. The summed E-state index contributed by atoms with van der Waals surface area (Å²) in [5, 5.41) is 0. The van der Waals surface area contributed by atoms with Crippen molar-refractivity contribution >= 4 is 23.4 Å². The minimum Gasteiger partial charge on any atom is -0.494 e. The summed E-state index contributed by atoms with van der Waals surface area (Å²) in [5.74, 6) is 1.35. The number of esters is 1. The van der Waals surface area contributed by atoms with Crippen LogP contribution in [0.4, 0.5) is 0 Å². The molecule has 1 aliphatic heterocycles. The lowest BCUT2D eigenvalue weighted by molar-refractivity contribution is -0.139. The molecular weight excluding hydrogens is 492 g/mol. The molecule has 0 bridgehead atoms. The first-order chi connectivity index (χ1) is 17.9. The quantitative estimate of drug-likeness (QED) is 0.399. The molecule has 3 aromatic rings. The van der Waals surface area contributed by atoms with Crippen molar-refractivity contribution < 1.29 is 23.7 Å². The second-order valence-electron chi connectivity index (χ2n) is 8.12. The van der Waals surface area contributed by atoms with E-state index in [2.05, 4.69) is 4.99 Å². The molecule has 0 amide bonds. The molecule has 194 valence electrons. The molecule has 9 heteroatoms. The number of fused-ring (bicyclic) bond motifs is 1. The summed E-state index contributed by atoms with van der Waals surface area (Å²) in [5.41, 5.74) is 2.06. The Morgan fingerprint density at radius 2 is 1.78 bits per heavy atom. The van der Waals surface area contributed by atoms with Crippen LogP contribution in [0.5, 0.6) is 17.2 Å². The fraction of sp³-hybridized carbons (Fsp3) is 0.321. The van der Waals surface area contributed by atoms with E-state index in [1.54, 1.807) is 31.6 Å². The van der Waals surface area contributed by atoms with Gasteiger partial charge in [-0.2, -0.15) is 0 Å². The molecule has 2 aromatic carbocycles. The van der Waals surface area contributed by atoms with Gasteiger partial charge >= 0.3 is 5.97 Å². The third kappa shape index (κ3) is 5.17. The Kier molecular flexibility index (Phi) is 8.13. The van der Waals surface area contributed by atoms with Gasteiger partial charge in [-0.15, -0.1) is 0 Å². The van der Waals surface area contributed by atoms with E-state index in [-0.39, 0.29) is 12.2 Å². The number of ether oxygens (including phenoxy) is 4. The van der Waals surface area contributed by atoms with Crippen LogP contribution < -0.4 is 29.1 Å². The number of carbonyl (C=O) groups is 1. The number of para-hydroxylation sites is 1. The van der Waals surface area contributed by atoms with Crippen LogP contribution in [0, 0.1) is 0 Å². The van der Waals surface area contributed by atoms with Gasteiger partial charge in [0.05, 0.1) is 48.8 Å². The molecular formula is C28H30N2O6S. The van der Waals surface area contributed by atoms with Crippen LogP contribution in [-0.4, -0.2) is 37.5 Å². The van der Waals surface area contributed by atoms with Crippen molar-refractivity contribution in [2.45, 2.75) is 33.7 Å². The van der Waals surface area contributed by atoms with Gasteiger partial charge in [-0.05, 0) is 57.5 Å². The summed E-state index contributed by atoms with van der Waals surface area (Å²) in [7, 11) is 1.58. The van der Waals surface area contributed by atoms with Gasteiger partial charge in [0.15, 0.2) is 16.3 Å². The average Bonchev–Trinajstić information content (AvgIpc) is 3.19. The molecule has 4 rings (SSSR count). The molecule has 1 aromatic heterocycles. The number of carbonyl (C=O) groups excluding carboxylic acids is 1. The van der Waals surface area contributed by atoms with Gasteiger partial charge in [0.1, 0.15) is 5.75 Å². The van der Waals surface area contributed by atoms with Crippen molar-refractivity contribution in [1.82, 2.24) is 4.57 Å². The molecule has 37 heavy (non-hydrogen) atoms. The minimum atomic E-state index is -0.690. The van der Waals surface area contributed by atoms with E-state index in [1.165, 1.54) is 11.3 Å². The monoisotopic (exact) mass is 522 g/mol. The fourth-order valence-electron chi connectivity index (χ4n) is 4.27. The maximum atomic E-state index is 13.8. The Bertz CT molecular complexity index is 1500. The third-order valence-corrected chi connectivity index (χ3v) is 6.81. The molecule has 1 atom stereocenters. The predicted octanol–water partition coefficient (Wildman–Crippen LogP) is 3.60. The number of hydrogen-bond donors (Lipinski definition) is 0. The SMILES string of the molecule is CCOC(=O)C1=C(C)N=c2s/c(=C\c3cccc(OC)c3OCC)c(=O)n2[C@@H]1c1ccc(OCC)cc1. The highest BCUT2D eigenvalue weighted by Gasteiger charge is 2.33. The number of methoxy groups -OCH3 is 1. The zero-order valence-electron chi connectivity index (χ0n) is 21.6. The number of nitrogens with zero attached hydrogens (tertiary/aromatic N) is 2. The van der Waals surface area contributed by atoms with Crippen molar-refractivity contribution in [3.63, 3.8) is 0 Å². The molecule has 1 aliphatic rings. The van der Waals surface area contributed by atoms with Gasteiger partial charge < -0.3 is 18.9 Å². The Morgan fingerprint density at radius 3 is 2.43 bits per heavy atom. The molecule has 0 aliphatic carbocycles. The van der Waals surface area contributed by atoms with Crippen molar-refractivity contribution in [2.75, 3.05) is 26.9 Å². The summed E-state index contributed by atoms with van der Waals surface area (Å²) in [6.45, 7) is 8.51. The second-order valence-corrected chi connectivity index (χ2v) is 9.13. The van der Waals surface area contributed by atoms with Crippen LogP contribution in [0.1, 0.15) is 44.9 Å². The van der Waals surface area contributed by atoms with E-state index in [4.69, 9.17) is 18.9 Å². The normalized spacial score (nSPS) is 15.2. The smallest absolute Gasteiger partial charge is 0.338 e. The number of rotatable bonds is 9. The molecule has 0 spiro atoms. The molecule has 0 saturated heterocycles. The summed E-state index contributed by atoms with van der Waals surface area (Å²) in [6.07, 6.45) is 1.77. The lowest BCUT2D eigenvalue weighted by atomic mass is 9.96. The lowest BCUT2D eigenvalue weighted by Crippen LogP contribution is -2.39. The van der Waals surface area contributed by atoms with Gasteiger partial charge in [0, 0.05) is 5.56 Å². The zero-order chi connectivity index (χ0) is 26.5. The van der Waals surface area contributed by atoms with Gasteiger partial charge in [0.2, 0.25) is 0 Å². The van der Waals surface area contributed by atoms with Gasteiger partial charge in [-0.1, -0.05) is 35.6 Å². The maximum absolute atomic E-state index is 13.8. The standard InChI is InChI=1S/C28H30N2O6S/c1-6-34-20-14-12-18(13-15-20)24-23(27(32)36-8-3)17(4)29-28-30(24)26(31)22(37-28)16-19-10-9-11-21(33-5)25(19)35-7-2/h9-16,24H,6-8H2,1-5H3/b22-16-/t24-/m1/s1. The molecule has 0 saturated carbocycles. The van der Waals surface area contributed by atoms with E-state index in [0.717, 1.165) is 5.56 Å². The van der Waals surface area contributed by atoms with Crippen LogP contribution in [0.25, 0.3) is 6.08 Å². The van der Waals surface area contributed by atoms with Crippen LogP contribution in [0.2, 0.25) is 0 Å². The second kappa shape index (κ2) is 11.5. The number of benzene rings is 2. The van der Waals surface area contributed by atoms with E-state index in [9.17, 15) is 9.59 Å². The first-order valence-electron chi connectivity index (χ1n) is 12.2. The third-order valence-electron chi connectivity index (χ3n) is 5.83. The Labute approximate surface area is 219 Å². The van der Waals surface area contributed by atoms with Gasteiger partial charge in [-0.25, -0.2) is 9.79 Å². The van der Waals surface area contributed by atoms with Crippen molar-refractivity contribution in [3.8, 4) is 17.2 Å².